The number of carboxylic acid groups (broad SMARTS) is 1. The fourth-order valence-electron chi connectivity index (χ4n) is 12.6. The molecular formula is C85H86Mn2N10O6S. The molecule has 104 heavy (non-hydrogen) atoms. The van der Waals surface area contributed by atoms with Crippen LogP contribution in [0, 0.1) is 0 Å². The number of aromatic carboxylic acids is 1. The van der Waals surface area contributed by atoms with Crippen molar-refractivity contribution in [2.75, 3.05) is 18.8 Å². The number of hydrogen-bond donors (Lipinski definition) is 3. The SMILES string of the molecule is C=Cc1ccc(C(=O)O)cc1.C=Cc1ccc(Cn2c(CN(Cc3nc4ccccc4n3Cc3ccc(C=C)cc3)CC(O)CN(Cc3nc4ccccc4n3Cc3ccc(C=C)cc3)Cc3nc4ccccc4n3Cc3ccc(C=C)cc3)nc3ccccc32)cc1.CCCCCS(=O)(=O)O.[Mn].[Mn]. The number of imidazole rings is 4. The van der Waals surface area contributed by atoms with Crippen molar-refractivity contribution in [3.05, 3.63) is 330 Å². The number of nitrogens with zero attached hydrogens (tertiary/aromatic N) is 10. The van der Waals surface area contributed by atoms with Crippen LogP contribution in [0.4, 0.5) is 0 Å². The first-order valence-corrected chi connectivity index (χ1v) is 35.8. The molecule has 0 saturated carbocycles. The van der Waals surface area contributed by atoms with Crippen LogP contribution in [-0.2, 0) is 96.6 Å². The van der Waals surface area contributed by atoms with E-state index in [2.05, 4.69) is 231 Å². The number of aliphatic hydroxyl groups is 1. The number of benzene rings is 9. The van der Waals surface area contributed by atoms with Gasteiger partial charge in [0.25, 0.3) is 10.1 Å². The van der Waals surface area contributed by atoms with Crippen molar-refractivity contribution in [2.24, 2.45) is 0 Å². The Morgan fingerprint density at radius 1 is 0.413 bits per heavy atom. The molecule has 0 saturated heterocycles. The number of rotatable bonds is 30. The van der Waals surface area contributed by atoms with Gasteiger partial charge in [-0.1, -0.05) is 241 Å². The zero-order valence-corrected chi connectivity index (χ0v) is 61.6. The van der Waals surface area contributed by atoms with Crippen molar-refractivity contribution >= 4 is 90.6 Å². The van der Waals surface area contributed by atoms with Gasteiger partial charge in [0.2, 0.25) is 0 Å². The van der Waals surface area contributed by atoms with Crippen LogP contribution in [0.2, 0.25) is 0 Å². The fraction of sp³-hybridized carbons (Fsp3) is 0.188. The molecule has 13 aromatic rings. The van der Waals surface area contributed by atoms with Gasteiger partial charge in [-0.15, -0.1) is 0 Å². The van der Waals surface area contributed by atoms with E-state index in [-0.39, 0.29) is 39.9 Å². The number of fused-ring (bicyclic) bond motifs is 4. The summed E-state index contributed by atoms with van der Waals surface area (Å²) in [4.78, 5) is 36.4. The second-order valence-electron chi connectivity index (χ2n) is 25.3. The molecule has 0 amide bonds. The Morgan fingerprint density at radius 2 is 0.663 bits per heavy atom. The van der Waals surface area contributed by atoms with Crippen LogP contribution in [0.3, 0.4) is 0 Å². The van der Waals surface area contributed by atoms with Crippen LogP contribution in [0.5, 0.6) is 0 Å². The van der Waals surface area contributed by atoms with Crippen LogP contribution in [-0.4, -0.2) is 102 Å². The summed E-state index contributed by atoms with van der Waals surface area (Å²) in [6.45, 7) is 26.3. The number of hydrogen-bond acceptors (Lipinski definition) is 10. The van der Waals surface area contributed by atoms with Crippen molar-refractivity contribution in [3.63, 3.8) is 0 Å². The minimum Gasteiger partial charge on any atom is -0.478 e. The normalized spacial score (nSPS) is 11.2. The molecule has 0 aliphatic rings. The Bertz CT molecular complexity index is 4620. The van der Waals surface area contributed by atoms with E-state index in [0.29, 0.717) is 77.4 Å². The van der Waals surface area contributed by atoms with E-state index < -0.39 is 22.2 Å². The smallest absolute Gasteiger partial charge is 0.335 e. The molecule has 13 rings (SSSR count). The molecule has 4 heterocycles. The molecule has 4 aromatic heterocycles. The van der Waals surface area contributed by atoms with Crippen molar-refractivity contribution in [1.29, 1.82) is 0 Å². The zero-order valence-electron chi connectivity index (χ0n) is 58.4. The van der Waals surface area contributed by atoms with Gasteiger partial charge in [-0.3, -0.25) is 14.4 Å². The van der Waals surface area contributed by atoms with Crippen molar-refractivity contribution in [3.8, 4) is 0 Å². The number of aromatic nitrogens is 8. The number of para-hydroxylation sites is 8. The maximum atomic E-state index is 13.1. The van der Waals surface area contributed by atoms with Gasteiger partial charge in [-0.2, -0.15) is 8.42 Å². The molecule has 0 fully saturated rings. The fourth-order valence-corrected chi connectivity index (χ4v) is 13.1. The topological polar surface area (TPSA) is 190 Å². The van der Waals surface area contributed by atoms with E-state index in [9.17, 15) is 18.3 Å². The minimum absolute atomic E-state index is 0. The molecule has 2 radical (unpaired) electrons. The molecule has 0 aliphatic heterocycles. The summed E-state index contributed by atoms with van der Waals surface area (Å²) in [5.74, 6) is 2.58. The Labute approximate surface area is 630 Å². The van der Waals surface area contributed by atoms with Crippen LogP contribution in [0.1, 0.15) is 110 Å². The first-order valence-electron chi connectivity index (χ1n) is 34.2. The van der Waals surface area contributed by atoms with Gasteiger partial charge in [0, 0.05) is 73.4 Å². The summed E-state index contributed by atoms with van der Waals surface area (Å²) in [7, 11) is -3.70. The van der Waals surface area contributed by atoms with Gasteiger partial charge in [0.05, 0.1) is 87.7 Å². The first kappa shape index (κ1) is 78.0. The Balaban J connectivity index is 0.000000496. The maximum Gasteiger partial charge on any atom is 0.335 e. The third-order valence-corrected chi connectivity index (χ3v) is 18.8. The predicted molar refractivity (Wildman–Crippen MR) is 415 cm³/mol. The van der Waals surface area contributed by atoms with Crippen molar-refractivity contribution in [2.45, 2.75) is 84.6 Å². The number of carbonyl (C=O) groups is 1. The van der Waals surface area contributed by atoms with Gasteiger partial charge in [-0.25, -0.2) is 24.7 Å². The molecule has 532 valence electrons. The van der Waals surface area contributed by atoms with Gasteiger partial charge in [-0.05, 0) is 117 Å². The summed E-state index contributed by atoms with van der Waals surface area (Å²) in [6, 6.07) is 74.1. The minimum atomic E-state index is -3.70. The van der Waals surface area contributed by atoms with E-state index in [1.165, 1.54) is 0 Å². The van der Waals surface area contributed by atoms with Gasteiger partial charge >= 0.3 is 5.97 Å². The Morgan fingerprint density at radius 3 is 0.894 bits per heavy atom. The number of aliphatic hydroxyl groups excluding tert-OH is 1. The average molecular weight is 1490 g/mol. The molecule has 0 unspecified atom stereocenters. The summed E-state index contributed by atoms with van der Waals surface area (Å²) in [5, 5.41) is 21.6. The largest absolute Gasteiger partial charge is 0.478 e. The summed E-state index contributed by atoms with van der Waals surface area (Å²) < 4.78 is 37.6. The standard InChI is InChI=1S/C71H66N10O.C9H8O2.C5H12O3S.2Mn/c1-5-51-25-33-55(34-26-51)41-78-64-21-13-9-17-60(64)72-68(78)47-76(48-69-73-61-18-10-14-22-65(61)79(69)42-56-35-27-52(6-2)28-36-56)45-59(82)46-77(49-70-74-62-19-11-15-23-66(62)80(70)43-57-37-29-53(7-3)30-38-57)50-71-75-63-20-12-16-24-67(63)81(71)44-58-39-31-54(8-4)32-40-58;1-2-7-3-5-8(6-4-7)9(10)11;1-2-3-4-5-9(6,7)8;;/h5-40,59,82H,1-4,41-50H2;2-6H,1H2,(H,10,11);2-5H2,1H3,(H,6,7,8);;. The zero-order chi connectivity index (χ0) is 71.5. The molecule has 0 spiro atoms. The van der Waals surface area contributed by atoms with Crippen molar-refractivity contribution in [1.82, 2.24) is 48.0 Å². The summed E-state index contributed by atoms with van der Waals surface area (Å²) in [6.07, 6.45) is 10.7. The number of unbranched alkanes of at least 4 members (excludes halogenated alkanes) is 2. The Hall–Kier alpha value is -10.1. The van der Waals surface area contributed by atoms with Crippen LogP contribution in [0.25, 0.3) is 74.5 Å². The van der Waals surface area contributed by atoms with E-state index in [4.69, 9.17) is 29.6 Å². The van der Waals surface area contributed by atoms with E-state index in [1.807, 2.05) is 55.5 Å². The van der Waals surface area contributed by atoms with E-state index in [0.717, 1.165) is 130 Å². The monoisotopic (exact) mass is 1480 g/mol. The molecule has 19 heteroatoms. The first-order chi connectivity index (χ1) is 49.6. The van der Waals surface area contributed by atoms with Crippen LogP contribution in [0.15, 0.2) is 251 Å². The third kappa shape index (κ3) is 20.6. The van der Waals surface area contributed by atoms with Gasteiger partial charge in [0.1, 0.15) is 23.3 Å². The molecule has 0 aliphatic carbocycles. The van der Waals surface area contributed by atoms with E-state index in [1.54, 1.807) is 30.3 Å². The maximum absolute atomic E-state index is 13.1. The number of carboxylic acids is 1. The molecule has 0 bridgehead atoms. The summed E-state index contributed by atoms with van der Waals surface area (Å²) in [5.41, 5.74) is 18.0. The van der Waals surface area contributed by atoms with Crippen LogP contribution < -0.4 is 0 Å². The molecular weight excluding hydrogens is 1400 g/mol. The predicted octanol–water partition coefficient (Wildman–Crippen LogP) is 17.0. The molecule has 0 atom stereocenters. The third-order valence-electron chi connectivity index (χ3n) is 18.0. The molecule has 3 N–H and O–H groups in total. The Kier molecular flexibility index (Phi) is 28.0. The summed E-state index contributed by atoms with van der Waals surface area (Å²) >= 11 is 0. The van der Waals surface area contributed by atoms with Gasteiger partial charge < -0.3 is 28.5 Å². The van der Waals surface area contributed by atoms with E-state index >= 15 is 0 Å². The second kappa shape index (κ2) is 37.3. The van der Waals surface area contributed by atoms with Gasteiger partial charge in [0.15, 0.2) is 0 Å². The van der Waals surface area contributed by atoms with Crippen molar-refractivity contribution < 1.29 is 62.1 Å². The van der Waals surface area contributed by atoms with Crippen LogP contribution >= 0.6 is 0 Å². The molecule has 16 nitrogen and oxygen atoms in total. The molecule has 9 aromatic carbocycles. The average Bonchev–Trinajstić information content (AvgIpc) is 1.65. The second-order valence-corrected chi connectivity index (χ2v) is 26.9. The quantitative estimate of drug-likeness (QED) is 0.0220.